The van der Waals surface area contributed by atoms with Gasteiger partial charge in [-0.15, -0.1) is 0 Å². The Hall–Kier alpha value is -6.71. The first kappa shape index (κ1) is 29.4. The molecule has 0 saturated heterocycles. The lowest BCUT2D eigenvalue weighted by Crippen LogP contribution is -1.97. The highest BCUT2D eigenvalue weighted by molar-refractivity contribution is 5.92. The first-order valence-corrected chi connectivity index (χ1v) is 16.8. The van der Waals surface area contributed by atoms with Crippen LogP contribution in [0.4, 0.5) is 0 Å². The SMILES string of the molecule is c1ccc(-c2ccc(-c3cc(-c4cc(-c5ccc6ccccc6c5)cc(-c5ccc6ccccc6c5)c4)nc(-c4ccncc4)n3)cc2)cc1. The average molecular weight is 638 g/mol. The van der Waals surface area contributed by atoms with Crippen LogP contribution in [0.5, 0.6) is 0 Å². The fraction of sp³-hybridized carbons (Fsp3) is 0. The quantitative estimate of drug-likeness (QED) is 0.182. The molecule has 0 spiro atoms. The van der Waals surface area contributed by atoms with Gasteiger partial charge in [0.15, 0.2) is 5.82 Å². The average Bonchev–Trinajstić information content (AvgIpc) is 3.21. The molecule has 0 saturated carbocycles. The zero-order chi connectivity index (χ0) is 33.3. The molecule has 0 fully saturated rings. The Bertz CT molecular complexity index is 2530. The number of rotatable bonds is 6. The van der Waals surface area contributed by atoms with E-state index in [9.17, 15) is 0 Å². The summed E-state index contributed by atoms with van der Waals surface area (Å²) in [5.41, 5.74) is 11.6. The van der Waals surface area contributed by atoms with Crippen molar-refractivity contribution in [3.05, 3.63) is 188 Å². The maximum atomic E-state index is 5.20. The first-order chi connectivity index (χ1) is 24.7. The molecule has 0 unspecified atom stereocenters. The number of fused-ring (bicyclic) bond motifs is 2. The second-order valence-electron chi connectivity index (χ2n) is 12.6. The molecule has 9 aromatic rings. The van der Waals surface area contributed by atoms with E-state index >= 15 is 0 Å². The number of hydrogen-bond donors (Lipinski definition) is 0. The van der Waals surface area contributed by atoms with Crippen molar-refractivity contribution in [3.8, 4) is 67.3 Å². The third-order valence-electron chi connectivity index (χ3n) is 9.35. The zero-order valence-corrected chi connectivity index (χ0v) is 27.2. The van der Waals surface area contributed by atoms with Crippen LogP contribution in [0, 0.1) is 0 Å². The van der Waals surface area contributed by atoms with Gasteiger partial charge < -0.3 is 0 Å². The van der Waals surface area contributed by atoms with Gasteiger partial charge in [0, 0.05) is 29.1 Å². The second kappa shape index (κ2) is 12.7. The van der Waals surface area contributed by atoms with Gasteiger partial charge in [-0.1, -0.05) is 127 Å². The van der Waals surface area contributed by atoms with Gasteiger partial charge in [0.05, 0.1) is 11.4 Å². The van der Waals surface area contributed by atoms with Gasteiger partial charge in [-0.3, -0.25) is 4.98 Å². The van der Waals surface area contributed by atoms with Gasteiger partial charge in [0.2, 0.25) is 0 Å². The van der Waals surface area contributed by atoms with Gasteiger partial charge in [0.1, 0.15) is 0 Å². The molecule has 0 bridgehead atoms. The first-order valence-electron chi connectivity index (χ1n) is 16.8. The molecular weight excluding hydrogens is 607 g/mol. The van der Waals surface area contributed by atoms with E-state index in [1.54, 1.807) is 12.4 Å². The predicted octanol–water partition coefficient (Wildman–Crippen LogP) is 12.2. The topological polar surface area (TPSA) is 38.7 Å². The summed E-state index contributed by atoms with van der Waals surface area (Å²) in [6.45, 7) is 0. The summed E-state index contributed by atoms with van der Waals surface area (Å²) in [6, 6.07) is 62.4. The highest BCUT2D eigenvalue weighted by Gasteiger charge is 2.14. The number of aromatic nitrogens is 3. The largest absolute Gasteiger partial charge is 0.265 e. The van der Waals surface area contributed by atoms with Crippen LogP contribution >= 0.6 is 0 Å². The number of pyridine rings is 1. The van der Waals surface area contributed by atoms with Crippen molar-refractivity contribution in [2.45, 2.75) is 0 Å². The number of benzene rings is 7. The van der Waals surface area contributed by atoms with E-state index in [1.165, 1.54) is 32.7 Å². The minimum atomic E-state index is 0.662. The van der Waals surface area contributed by atoms with Crippen LogP contribution in [-0.4, -0.2) is 15.0 Å². The maximum absolute atomic E-state index is 5.20. The molecular formula is C47H31N3. The van der Waals surface area contributed by atoms with Crippen LogP contribution < -0.4 is 0 Å². The van der Waals surface area contributed by atoms with E-state index in [2.05, 4.69) is 163 Å². The van der Waals surface area contributed by atoms with Crippen molar-refractivity contribution in [1.82, 2.24) is 15.0 Å². The Balaban J connectivity index is 1.23. The Labute approximate surface area is 291 Å². The highest BCUT2D eigenvalue weighted by Crippen LogP contribution is 2.36. The third-order valence-corrected chi connectivity index (χ3v) is 9.35. The van der Waals surface area contributed by atoms with Crippen LogP contribution in [-0.2, 0) is 0 Å². The lowest BCUT2D eigenvalue weighted by molar-refractivity contribution is 1.18. The fourth-order valence-corrected chi connectivity index (χ4v) is 6.68. The van der Waals surface area contributed by atoms with Crippen LogP contribution in [0.25, 0.3) is 88.8 Å². The van der Waals surface area contributed by atoms with Crippen LogP contribution in [0.3, 0.4) is 0 Å². The van der Waals surface area contributed by atoms with Gasteiger partial charge in [0.25, 0.3) is 0 Å². The molecule has 0 aliphatic heterocycles. The summed E-state index contributed by atoms with van der Waals surface area (Å²) in [4.78, 5) is 14.5. The molecule has 0 N–H and O–H groups in total. The Morgan fingerprint density at radius 1 is 0.260 bits per heavy atom. The van der Waals surface area contributed by atoms with Crippen molar-refractivity contribution in [1.29, 1.82) is 0 Å². The van der Waals surface area contributed by atoms with Crippen LogP contribution in [0.2, 0.25) is 0 Å². The predicted molar refractivity (Wildman–Crippen MR) is 207 cm³/mol. The third kappa shape index (κ3) is 5.82. The molecule has 0 radical (unpaired) electrons. The Morgan fingerprint density at radius 3 is 1.32 bits per heavy atom. The van der Waals surface area contributed by atoms with E-state index in [0.29, 0.717) is 5.82 Å². The summed E-state index contributed by atoms with van der Waals surface area (Å²) in [7, 11) is 0. The molecule has 9 rings (SSSR count). The van der Waals surface area contributed by atoms with Gasteiger partial charge in [-0.2, -0.15) is 0 Å². The highest BCUT2D eigenvalue weighted by atomic mass is 14.9. The van der Waals surface area contributed by atoms with Crippen LogP contribution in [0.15, 0.2) is 188 Å². The molecule has 0 atom stereocenters. The molecule has 2 aromatic heterocycles. The molecule has 50 heavy (non-hydrogen) atoms. The van der Waals surface area contributed by atoms with Crippen molar-refractivity contribution >= 4 is 21.5 Å². The van der Waals surface area contributed by atoms with E-state index < -0.39 is 0 Å². The summed E-state index contributed by atoms with van der Waals surface area (Å²) < 4.78 is 0. The van der Waals surface area contributed by atoms with E-state index in [4.69, 9.17) is 9.97 Å². The van der Waals surface area contributed by atoms with Crippen molar-refractivity contribution < 1.29 is 0 Å². The molecule has 0 aliphatic carbocycles. The van der Waals surface area contributed by atoms with E-state index in [1.807, 2.05) is 18.2 Å². The maximum Gasteiger partial charge on any atom is 0.160 e. The lowest BCUT2D eigenvalue weighted by Gasteiger charge is -2.14. The Kier molecular flexibility index (Phi) is 7.49. The standard InChI is InChI=1S/C47H31N3/c1-2-8-32(9-3-1)35-14-18-36(19-15-35)45-31-46(50-47(49-45)37-22-24-48-25-23-37)44-29-42(40-20-16-33-10-4-6-12-38(33)26-40)28-43(30-44)41-21-17-34-11-5-7-13-39(34)27-41/h1-31H. The zero-order valence-electron chi connectivity index (χ0n) is 27.2. The van der Waals surface area contributed by atoms with E-state index in [-0.39, 0.29) is 0 Å². The minimum Gasteiger partial charge on any atom is -0.265 e. The van der Waals surface area contributed by atoms with Crippen LogP contribution in [0.1, 0.15) is 0 Å². The van der Waals surface area contributed by atoms with Gasteiger partial charge in [-0.25, -0.2) is 9.97 Å². The molecule has 3 nitrogen and oxygen atoms in total. The fourth-order valence-electron chi connectivity index (χ4n) is 6.68. The monoisotopic (exact) mass is 637 g/mol. The molecule has 234 valence electrons. The van der Waals surface area contributed by atoms with Gasteiger partial charge >= 0.3 is 0 Å². The summed E-state index contributed by atoms with van der Waals surface area (Å²) in [5.74, 6) is 0.662. The number of nitrogens with zero attached hydrogens (tertiary/aromatic N) is 3. The Morgan fingerprint density at radius 2 is 0.720 bits per heavy atom. The van der Waals surface area contributed by atoms with Crippen molar-refractivity contribution in [2.24, 2.45) is 0 Å². The van der Waals surface area contributed by atoms with Crippen molar-refractivity contribution in [2.75, 3.05) is 0 Å². The van der Waals surface area contributed by atoms with E-state index in [0.717, 1.165) is 50.3 Å². The molecule has 0 amide bonds. The molecule has 0 aliphatic rings. The second-order valence-corrected chi connectivity index (χ2v) is 12.6. The summed E-state index contributed by atoms with van der Waals surface area (Å²) in [5, 5.41) is 4.88. The normalized spacial score (nSPS) is 11.2. The lowest BCUT2D eigenvalue weighted by atomic mass is 9.92. The molecule has 2 heterocycles. The van der Waals surface area contributed by atoms with Gasteiger partial charge in [-0.05, 0) is 103 Å². The molecule has 7 aromatic carbocycles. The van der Waals surface area contributed by atoms with Crippen molar-refractivity contribution in [3.63, 3.8) is 0 Å². The molecule has 3 heteroatoms. The summed E-state index contributed by atoms with van der Waals surface area (Å²) in [6.07, 6.45) is 3.58. The number of hydrogen-bond acceptors (Lipinski definition) is 3. The minimum absolute atomic E-state index is 0.662. The summed E-state index contributed by atoms with van der Waals surface area (Å²) >= 11 is 0. The smallest absolute Gasteiger partial charge is 0.160 e.